The first-order valence-corrected chi connectivity index (χ1v) is 6.25. The van der Waals surface area contributed by atoms with Gasteiger partial charge in [0.05, 0.1) is 12.2 Å². The van der Waals surface area contributed by atoms with Crippen LogP contribution in [0.15, 0.2) is 30.5 Å². The van der Waals surface area contributed by atoms with Crippen LogP contribution in [-0.2, 0) is 13.6 Å². The van der Waals surface area contributed by atoms with Gasteiger partial charge in [-0.1, -0.05) is 17.3 Å². The van der Waals surface area contributed by atoms with Gasteiger partial charge in [-0.15, -0.1) is 5.10 Å². The van der Waals surface area contributed by atoms with Gasteiger partial charge in [-0.3, -0.25) is 4.68 Å². The lowest BCUT2D eigenvalue weighted by atomic mass is 10.2. The molecular formula is C13H18FN5. The van der Waals surface area contributed by atoms with Gasteiger partial charge in [-0.05, 0) is 25.1 Å². The van der Waals surface area contributed by atoms with Crippen LogP contribution < -0.4 is 10.6 Å². The van der Waals surface area contributed by atoms with E-state index in [-0.39, 0.29) is 5.82 Å². The molecule has 19 heavy (non-hydrogen) atoms. The van der Waals surface area contributed by atoms with Crippen LogP contribution in [0.1, 0.15) is 12.1 Å². The second-order valence-corrected chi connectivity index (χ2v) is 4.40. The minimum absolute atomic E-state index is 0.233. The zero-order valence-corrected chi connectivity index (χ0v) is 11.0. The standard InChI is InChI=1S/C13H18FN5/c1-18-9-11(16-17-18)10-19(8-4-7-15)13-6-3-2-5-12(13)14/h2-3,5-6,9H,4,7-8,10,15H2,1H3. The second-order valence-electron chi connectivity index (χ2n) is 4.40. The molecule has 1 aromatic carbocycles. The molecule has 1 heterocycles. The summed E-state index contributed by atoms with van der Waals surface area (Å²) in [7, 11) is 1.81. The van der Waals surface area contributed by atoms with E-state index in [0.29, 0.717) is 25.3 Å². The number of halogens is 1. The van der Waals surface area contributed by atoms with E-state index in [1.165, 1.54) is 6.07 Å². The van der Waals surface area contributed by atoms with E-state index in [0.717, 1.165) is 12.1 Å². The summed E-state index contributed by atoms with van der Waals surface area (Å²) >= 11 is 0. The monoisotopic (exact) mass is 263 g/mol. The van der Waals surface area contributed by atoms with E-state index in [2.05, 4.69) is 10.3 Å². The fourth-order valence-corrected chi connectivity index (χ4v) is 1.94. The number of hydrogen-bond donors (Lipinski definition) is 1. The quantitative estimate of drug-likeness (QED) is 0.853. The Morgan fingerprint density at radius 1 is 1.37 bits per heavy atom. The van der Waals surface area contributed by atoms with E-state index in [9.17, 15) is 4.39 Å². The molecule has 0 spiro atoms. The number of para-hydroxylation sites is 1. The Morgan fingerprint density at radius 2 is 2.16 bits per heavy atom. The number of aromatic nitrogens is 3. The van der Waals surface area contributed by atoms with Crippen molar-refractivity contribution in [3.63, 3.8) is 0 Å². The van der Waals surface area contributed by atoms with Crippen molar-refractivity contribution in [3.05, 3.63) is 42.0 Å². The molecule has 0 bridgehead atoms. The van der Waals surface area contributed by atoms with Crippen LogP contribution >= 0.6 is 0 Å². The van der Waals surface area contributed by atoms with Gasteiger partial charge in [0.15, 0.2) is 0 Å². The zero-order chi connectivity index (χ0) is 13.7. The summed E-state index contributed by atoms with van der Waals surface area (Å²) in [6, 6.07) is 6.73. The molecule has 1 aromatic heterocycles. The molecule has 0 atom stereocenters. The molecule has 2 aromatic rings. The lowest BCUT2D eigenvalue weighted by Crippen LogP contribution is -2.26. The second kappa shape index (κ2) is 6.29. The average Bonchev–Trinajstić information content (AvgIpc) is 2.81. The maximum atomic E-state index is 13.9. The van der Waals surface area contributed by atoms with Crippen molar-refractivity contribution in [3.8, 4) is 0 Å². The van der Waals surface area contributed by atoms with Gasteiger partial charge >= 0.3 is 0 Å². The van der Waals surface area contributed by atoms with Gasteiger partial charge in [-0.2, -0.15) is 0 Å². The molecule has 0 saturated carbocycles. The summed E-state index contributed by atoms with van der Waals surface area (Å²) in [4.78, 5) is 1.94. The molecule has 0 radical (unpaired) electrons. The molecule has 0 unspecified atom stereocenters. The molecule has 5 nitrogen and oxygen atoms in total. The SMILES string of the molecule is Cn1cc(CN(CCCN)c2ccccc2F)nn1. The minimum atomic E-state index is -0.233. The number of hydrogen-bond acceptors (Lipinski definition) is 4. The maximum absolute atomic E-state index is 13.9. The van der Waals surface area contributed by atoms with E-state index >= 15 is 0 Å². The zero-order valence-electron chi connectivity index (χ0n) is 11.0. The van der Waals surface area contributed by atoms with E-state index in [4.69, 9.17) is 5.73 Å². The first-order chi connectivity index (χ1) is 9.20. The largest absolute Gasteiger partial charge is 0.363 e. The normalized spacial score (nSPS) is 10.7. The molecule has 0 aliphatic carbocycles. The topological polar surface area (TPSA) is 60.0 Å². The summed E-state index contributed by atoms with van der Waals surface area (Å²) in [6.45, 7) is 1.79. The number of nitrogens with two attached hydrogens (primary N) is 1. The molecule has 0 saturated heterocycles. The molecule has 0 aliphatic rings. The van der Waals surface area contributed by atoms with Crippen molar-refractivity contribution in [2.75, 3.05) is 18.0 Å². The van der Waals surface area contributed by atoms with Crippen LogP contribution in [0.3, 0.4) is 0 Å². The lowest BCUT2D eigenvalue weighted by molar-refractivity contribution is 0.611. The van der Waals surface area contributed by atoms with Crippen molar-refractivity contribution < 1.29 is 4.39 Å². The number of anilines is 1. The third kappa shape index (κ3) is 3.51. The summed E-state index contributed by atoms with van der Waals surface area (Å²) in [5.74, 6) is -0.233. The summed E-state index contributed by atoms with van der Waals surface area (Å²) in [5.41, 5.74) is 6.92. The predicted octanol–water partition coefficient (Wildman–Crippen LogP) is 1.31. The van der Waals surface area contributed by atoms with Gasteiger partial charge in [0.2, 0.25) is 0 Å². The Kier molecular flexibility index (Phi) is 4.46. The van der Waals surface area contributed by atoms with Crippen molar-refractivity contribution in [2.24, 2.45) is 12.8 Å². The van der Waals surface area contributed by atoms with E-state index in [1.807, 2.05) is 24.2 Å². The van der Waals surface area contributed by atoms with Gasteiger partial charge in [0.25, 0.3) is 0 Å². The van der Waals surface area contributed by atoms with Crippen LogP contribution in [0.4, 0.5) is 10.1 Å². The third-order valence-electron chi connectivity index (χ3n) is 2.83. The Labute approximate surface area is 111 Å². The van der Waals surface area contributed by atoms with Gasteiger partial charge in [-0.25, -0.2) is 4.39 Å². The summed E-state index contributed by atoms with van der Waals surface area (Å²) < 4.78 is 15.5. The molecule has 0 fully saturated rings. The maximum Gasteiger partial charge on any atom is 0.146 e. The number of nitrogens with zero attached hydrogens (tertiary/aromatic N) is 4. The Balaban J connectivity index is 2.18. The van der Waals surface area contributed by atoms with Crippen LogP contribution in [0.2, 0.25) is 0 Å². The number of rotatable bonds is 6. The number of benzene rings is 1. The molecule has 6 heteroatoms. The molecule has 0 aliphatic heterocycles. The van der Waals surface area contributed by atoms with Crippen LogP contribution in [-0.4, -0.2) is 28.1 Å². The third-order valence-corrected chi connectivity index (χ3v) is 2.83. The molecular weight excluding hydrogens is 245 g/mol. The van der Waals surface area contributed by atoms with Gasteiger partial charge in [0, 0.05) is 19.8 Å². The first-order valence-electron chi connectivity index (χ1n) is 6.25. The van der Waals surface area contributed by atoms with E-state index in [1.54, 1.807) is 16.8 Å². The first kappa shape index (κ1) is 13.5. The minimum Gasteiger partial charge on any atom is -0.363 e. The van der Waals surface area contributed by atoms with E-state index < -0.39 is 0 Å². The number of aryl methyl sites for hydroxylation is 1. The molecule has 0 amide bonds. The van der Waals surface area contributed by atoms with Crippen LogP contribution in [0.25, 0.3) is 0 Å². The smallest absolute Gasteiger partial charge is 0.146 e. The highest BCUT2D eigenvalue weighted by atomic mass is 19.1. The van der Waals surface area contributed by atoms with Crippen LogP contribution in [0.5, 0.6) is 0 Å². The highest BCUT2D eigenvalue weighted by Gasteiger charge is 2.12. The molecule has 2 N–H and O–H groups in total. The fourth-order valence-electron chi connectivity index (χ4n) is 1.94. The summed E-state index contributed by atoms with van der Waals surface area (Å²) in [6.07, 6.45) is 2.63. The predicted molar refractivity (Wildman–Crippen MR) is 72.1 cm³/mol. The average molecular weight is 263 g/mol. The Morgan fingerprint density at radius 3 is 2.79 bits per heavy atom. The van der Waals surface area contributed by atoms with Gasteiger partial charge in [0.1, 0.15) is 11.5 Å². The van der Waals surface area contributed by atoms with Crippen molar-refractivity contribution >= 4 is 5.69 Å². The Hall–Kier alpha value is -1.95. The van der Waals surface area contributed by atoms with Crippen molar-refractivity contribution in [2.45, 2.75) is 13.0 Å². The van der Waals surface area contributed by atoms with Gasteiger partial charge < -0.3 is 10.6 Å². The fraction of sp³-hybridized carbons (Fsp3) is 0.385. The van der Waals surface area contributed by atoms with Crippen molar-refractivity contribution in [1.29, 1.82) is 0 Å². The lowest BCUT2D eigenvalue weighted by Gasteiger charge is -2.24. The highest BCUT2D eigenvalue weighted by Crippen LogP contribution is 2.20. The highest BCUT2D eigenvalue weighted by molar-refractivity contribution is 5.47. The summed E-state index contributed by atoms with van der Waals surface area (Å²) in [5, 5.41) is 7.92. The Bertz CT molecular complexity index is 525. The molecule has 102 valence electrons. The van der Waals surface area contributed by atoms with Crippen molar-refractivity contribution in [1.82, 2.24) is 15.0 Å². The van der Waals surface area contributed by atoms with Crippen LogP contribution in [0, 0.1) is 5.82 Å². The molecule has 2 rings (SSSR count).